The lowest BCUT2D eigenvalue weighted by Crippen LogP contribution is -2.54. The van der Waals surface area contributed by atoms with Gasteiger partial charge in [-0.05, 0) is 59.7 Å². The SMILES string of the molecule is O=C1NC(=O)N(c2ccc(OCc3ccccc3)cc2)C(=O)/C1=C/c1ccccc1OCc1ccc(F)cc1. The molecule has 0 atom stereocenters. The van der Waals surface area contributed by atoms with E-state index in [0.717, 1.165) is 16.0 Å². The summed E-state index contributed by atoms with van der Waals surface area (Å²) in [5, 5.41) is 2.22. The van der Waals surface area contributed by atoms with Gasteiger partial charge in [-0.3, -0.25) is 14.9 Å². The van der Waals surface area contributed by atoms with Gasteiger partial charge in [-0.25, -0.2) is 14.1 Å². The zero-order valence-electron chi connectivity index (χ0n) is 20.7. The number of ether oxygens (including phenoxy) is 2. The van der Waals surface area contributed by atoms with E-state index in [1.165, 1.54) is 18.2 Å². The number of amides is 4. The Morgan fingerprint density at radius 3 is 2.10 bits per heavy atom. The number of benzene rings is 4. The van der Waals surface area contributed by atoms with Gasteiger partial charge in [0.05, 0.1) is 5.69 Å². The number of hydrogen-bond acceptors (Lipinski definition) is 5. The summed E-state index contributed by atoms with van der Waals surface area (Å²) in [6.07, 6.45) is 1.38. The first-order valence-electron chi connectivity index (χ1n) is 12.1. The highest BCUT2D eigenvalue weighted by atomic mass is 19.1. The van der Waals surface area contributed by atoms with Crippen molar-refractivity contribution in [1.82, 2.24) is 5.32 Å². The Kier molecular flexibility index (Phi) is 7.45. The van der Waals surface area contributed by atoms with Crippen molar-refractivity contribution in [2.24, 2.45) is 0 Å². The molecule has 1 aliphatic rings. The Morgan fingerprint density at radius 1 is 0.718 bits per heavy atom. The third kappa shape index (κ3) is 6.02. The fraction of sp³-hybridized carbons (Fsp3) is 0.0645. The van der Waals surface area contributed by atoms with E-state index in [0.29, 0.717) is 23.7 Å². The van der Waals surface area contributed by atoms with Gasteiger partial charge in [0, 0.05) is 5.56 Å². The van der Waals surface area contributed by atoms with Crippen LogP contribution in [0.25, 0.3) is 6.08 Å². The van der Waals surface area contributed by atoms with Gasteiger partial charge in [0.15, 0.2) is 0 Å². The van der Waals surface area contributed by atoms with Crippen molar-refractivity contribution in [3.8, 4) is 11.5 Å². The summed E-state index contributed by atoms with van der Waals surface area (Å²) in [6.45, 7) is 0.525. The lowest BCUT2D eigenvalue weighted by atomic mass is 10.1. The van der Waals surface area contributed by atoms with Gasteiger partial charge >= 0.3 is 6.03 Å². The fourth-order valence-corrected chi connectivity index (χ4v) is 3.95. The van der Waals surface area contributed by atoms with Crippen LogP contribution in [-0.4, -0.2) is 17.8 Å². The van der Waals surface area contributed by atoms with E-state index in [9.17, 15) is 18.8 Å². The van der Waals surface area contributed by atoms with E-state index in [-0.39, 0.29) is 23.7 Å². The van der Waals surface area contributed by atoms with Gasteiger partial charge in [0.1, 0.15) is 36.1 Å². The van der Waals surface area contributed by atoms with Crippen LogP contribution in [0.5, 0.6) is 11.5 Å². The summed E-state index contributed by atoms with van der Waals surface area (Å²) >= 11 is 0. The average Bonchev–Trinajstić information content (AvgIpc) is 2.95. The maximum absolute atomic E-state index is 13.3. The van der Waals surface area contributed by atoms with Gasteiger partial charge in [0.2, 0.25) is 0 Å². The predicted octanol–water partition coefficient (Wildman–Crippen LogP) is 5.65. The van der Waals surface area contributed by atoms with Gasteiger partial charge in [-0.15, -0.1) is 0 Å². The van der Waals surface area contributed by atoms with Gasteiger partial charge in [-0.2, -0.15) is 0 Å². The lowest BCUT2D eigenvalue weighted by molar-refractivity contribution is -0.122. The number of rotatable bonds is 8. The van der Waals surface area contributed by atoms with Crippen LogP contribution in [0.1, 0.15) is 16.7 Å². The van der Waals surface area contributed by atoms with Crippen molar-refractivity contribution in [3.05, 3.63) is 131 Å². The molecule has 0 bridgehead atoms. The number of carbonyl (C=O) groups excluding carboxylic acids is 3. The zero-order valence-corrected chi connectivity index (χ0v) is 20.7. The first kappa shape index (κ1) is 25.4. The number of para-hydroxylation sites is 1. The molecule has 1 fully saturated rings. The molecule has 0 aromatic heterocycles. The molecule has 4 amide bonds. The Bertz CT molecular complexity index is 1530. The summed E-state index contributed by atoms with van der Waals surface area (Å²) in [5.41, 5.74) is 2.28. The molecule has 0 radical (unpaired) electrons. The first-order chi connectivity index (χ1) is 19.0. The number of nitrogens with zero attached hydrogens (tertiary/aromatic N) is 1. The molecule has 4 aromatic carbocycles. The summed E-state index contributed by atoms with van der Waals surface area (Å²) < 4.78 is 24.8. The molecule has 39 heavy (non-hydrogen) atoms. The van der Waals surface area contributed by atoms with E-state index in [2.05, 4.69) is 5.32 Å². The second kappa shape index (κ2) is 11.4. The average molecular weight is 523 g/mol. The lowest BCUT2D eigenvalue weighted by Gasteiger charge is -2.26. The Hall–Kier alpha value is -5.24. The number of barbiturate groups is 1. The number of imide groups is 2. The highest BCUT2D eigenvalue weighted by Crippen LogP contribution is 2.27. The van der Waals surface area contributed by atoms with Crippen LogP contribution in [0.4, 0.5) is 14.9 Å². The number of anilines is 1. The van der Waals surface area contributed by atoms with Crippen LogP contribution < -0.4 is 19.7 Å². The summed E-state index contributed by atoms with van der Waals surface area (Å²) in [7, 11) is 0. The maximum Gasteiger partial charge on any atom is 0.335 e. The molecular formula is C31H23FN2O5. The molecule has 1 aliphatic heterocycles. The Balaban J connectivity index is 1.34. The monoisotopic (exact) mass is 522 g/mol. The minimum atomic E-state index is -0.846. The summed E-state index contributed by atoms with van der Waals surface area (Å²) in [5.74, 6) is -0.948. The topological polar surface area (TPSA) is 84.9 Å². The number of halogens is 1. The van der Waals surface area contributed by atoms with Crippen molar-refractivity contribution >= 4 is 29.6 Å². The molecule has 4 aromatic rings. The second-order valence-corrected chi connectivity index (χ2v) is 8.68. The van der Waals surface area contributed by atoms with Crippen molar-refractivity contribution < 1.29 is 28.2 Å². The van der Waals surface area contributed by atoms with Gasteiger partial charge < -0.3 is 9.47 Å². The molecule has 1 saturated heterocycles. The minimum Gasteiger partial charge on any atom is -0.489 e. The van der Waals surface area contributed by atoms with Crippen LogP contribution in [0.15, 0.2) is 109 Å². The molecule has 0 spiro atoms. The van der Waals surface area contributed by atoms with E-state index in [4.69, 9.17) is 9.47 Å². The summed E-state index contributed by atoms with van der Waals surface area (Å²) in [4.78, 5) is 39.5. The molecule has 5 rings (SSSR count). The number of hydrogen-bond donors (Lipinski definition) is 1. The van der Waals surface area contributed by atoms with Crippen LogP contribution in [0, 0.1) is 5.82 Å². The highest BCUT2D eigenvalue weighted by Gasteiger charge is 2.37. The molecular weight excluding hydrogens is 499 g/mol. The number of urea groups is 1. The second-order valence-electron chi connectivity index (χ2n) is 8.68. The molecule has 8 heteroatoms. The van der Waals surface area contributed by atoms with Crippen molar-refractivity contribution in [3.63, 3.8) is 0 Å². The molecule has 7 nitrogen and oxygen atoms in total. The molecule has 0 unspecified atom stereocenters. The molecule has 0 aliphatic carbocycles. The van der Waals surface area contributed by atoms with Crippen molar-refractivity contribution in [1.29, 1.82) is 0 Å². The van der Waals surface area contributed by atoms with E-state index < -0.39 is 17.8 Å². The fourth-order valence-electron chi connectivity index (χ4n) is 3.95. The third-order valence-corrected chi connectivity index (χ3v) is 5.97. The molecule has 1 N–H and O–H groups in total. The zero-order chi connectivity index (χ0) is 27.2. The van der Waals surface area contributed by atoms with Crippen molar-refractivity contribution in [2.45, 2.75) is 13.2 Å². The molecule has 0 saturated carbocycles. The van der Waals surface area contributed by atoms with E-state index in [1.807, 2.05) is 30.3 Å². The Morgan fingerprint density at radius 2 is 1.36 bits per heavy atom. The van der Waals surface area contributed by atoms with Crippen molar-refractivity contribution in [2.75, 3.05) is 4.90 Å². The molecule has 194 valence electrons. The maximum atomic E-state index is 13.3. The van der Waals surface area contributed by atoms with Crippen LogP contribution >= 0.6 is 0 Å². The number of carbonyl (C=O) groups is 3. The number of nitrogens with one attached hydrogen (secondary N) is 1. The van der Waals surface area contributed by atoms with Crippen LogP contribution in [-0.2, 0) is 22.8 Å². The quantitative estimate of drug-likeness (QED) is 0.239. The predicted molar refractivity (Wildman–Crippen MR) is 143 cm³/mol. The highest BCUT2D eigenvalue weighted by molar-refractivity contribution is 6.39. The van der Waals surface area contributed by atoms with E-state index >= 15 is 0 Å². The normalized spacial score (nSPS) is 14.3. The van der Waals surface area contributed by atoms with Gasteiger partial charge in [-0.1, -0.05) is 60.7 Å². The van der Waals surface area contributed by atoms with E-state index in [1.54, 1.807) is 60.7 Å². The third-order valence-electron chi connectivity index (χ3n) is 5.97. The summed E-state index contributed by atoms with van der Waals surface area (Å²) in [6, 6.07) is 28.0. The minimum absolute atomic E-state index is 0.157. The van der Waals surface area contributed by atoms with Crippen LogP contribution in [0.3, 0.4) is 0 Å². The first-order valence-corrected chi connectivity index (χ1v) is 12.1. The smallest absolute Gasteiger partial charge is 0.335 e. The standard InChI is InChI=1S/C31H23FN2O5/c32-24-12-10-22(11-13-24)20-39-28-9-5-4-8-23(28)18-27-29(35)33-31(37)34(30(27)36)25-14-16-26(17-15-25)38-19-21-6-2-1-3-7-21/h1-18H,19-20H2,(H,33,35,37)/b27-18+. The van der Waals surface area contributed by atoms with Gasteiger partial charge in [0.25, 0.3) is 11.8 Å². The van der Waals surface area contributed by atoms with Crippen LogP contribution in [0.2, 0.25) is 0 Å². The Labute approximate surface area is 224 Å². The molecule has 1 heterocycles. The largest absolute Gasteiger partial charge is 0.489 e.